The number of aliphatic carboxylic acids is 1. The Balaban J connectivity index is 4.42. The van der Waals surface area contributed by atoms with Crippen molar-refractivity contribution in [1.82, 2.24) is 0 Å². The number of hydrogen-bond donors (Lipinski definition) is 3. The highest BCUT2D eigenvalue weighted by molar-refractivity contribution is 7.47. The lowest BCUT2D eigenvalue weighted by atomic mass is 10.1. The quantitative estimate of drug-likeness (QED) is 0.0231. The number of allylic oxidation sites excluding steroid dienone is 14. The number of nitrogens with two attached hydrogens (primary N) is 1. The second kappa shape index (κ2) is 43.3. The Hall–Kier alpha value is -3.34. The minimum atomic E-state index is -4.74. The van der Waals surface area contributed by atoms with Crippen molar-refractivity contribution in [2.24, 2.45) is 5.73 Å². The molecule has 12 heteroatoms. The monoisotopic (exact) mass is 876 g/mol. The zero-order chi connectivity index (χ0) is 44.9. The second-order valence-corrected chi connectivity index (χ2v) is 16.6. The van der Waals surface area contributed by atoms with Gasteiger partial charge in [-0.15, -0.1) is 0 Å². The molecular formula is C49H82NO10P. The van der Waals surface area contributed by atoms with Crippen LogP contribution < -0.4 is 5.73 Å². The third kappa shape index (κ3) is 43.1. The van der Waals surface area contributed by atoms with Crippen molar-refractivity contribution < 1.29 is 47.5 Å². The fourth-order valence-corrected chi connectivity index (χ4v) is 6.55. The van der Waals surface area contributed by atoms with Crippen molar-refractivity contribution in [3.8, 4) is 0 Å². The largest absolute Gasteiger partial charge is 0.480 e. The van der Waals surface area contributed by atoms with Crippen molar-refractivity contribution in [2.45, 2.75) is 187 Å². The third-order valence-corrected chi connectivity index (χ3v) is 10.3. The molecule has 0 aliphatic heterocycles. The Morgan fingerprint density at radius 1 is 0.525 bits per heavy atom. The van der Waals surface area contributed by atoms with E-state index in [0.29, 0.717) is 12.8 Å². The average Bonchev–Trinajstić information content (AvgIpc) is 3.24. The average molecular weight is 876 g/mol. The molecule has 0 saturated heterocycles. The molecule has 3 unspecified atom stereocenters. The molecule has 0 rings (SSSR count). The number of phosphoric ester groups is 1. The Labute approximate surface area is 369 Å². The summed E-state index contributed by atoms with van der Waals surface area (Å²) in [5, 5.41) is 8.90. The van der Waals surface area contributed by atoms with Gasteiger partial charge >= 0.3 is 25.7 Å². The summed E-state index contributed by atoms with van der Waals surface area (Å²) in [7, 11) is -4.74. The number of esters is 2. The van der Waals surface area contributed by atoms with Crippen LogP contribution in [0.1, 0.15) is 174 Å². The highest BCUT2D eigenvalue weighted by atomic mass is 31.2. The summed E-state index contributed by atoms with van der Waals surface area (Å²) >= 11 is 0. The van der Waals surface area contributed by atoms with Crippen LogP contribution in [0.5, 0.6) is 0 Å². The van der Waals surface area contributed by atoms with Gasteiger partial charge in [0.05, 0.1) is 13.2 Å². The van der Waals surface area contributed by atoms with Gasteiger partial charge in [0.1, 0.15) is 12.6 Å². The molecular weight excluding hydrogens is 794 g/mol. The summed E-state index contributed by atoms with van der Waals surface area (Å²) in [6, 6.07) is -1.53. The lowest BCUT2D eigenvalue weighted by Gasteiger charge is -2.20. The molecule has 4 N–H and O–H groups in total. The number of rotatable bonds is 42. The van der Waals surface area contributed by atoms with Crippen LogP contribution in [-0.4, -0.2) is 59.9 Å². The minimum absolute atomic E-state index is 0.116. The number of carbonyl (C=O) groups excluding carboxylic acids is 2. The van der Waals surface area contributed by atoms with Crippen LogP contribution in [0.15, 0.2) is 85.1 Å². The highest BCUT2D eigenvalue weighted by Crippen LogP contribution is 2.43. The number of hydrogen-bond acceptors (Lipinski definition) is 9. The molecule has 0 radical (unpaired) electrons. The van der Waals surface area contributed by atoms with Crippen LogP contribution in [0.4, 0.5) is 0 Å². The molecule has 0 spiro atoms. The molecule has 0 saturated carbocycles. The Kier molecular flexibility index (Phi) is 40.9. The van der Waals surface area contributed by atoms with Crippen molar-refractivity contribution in [3.63, 3.8) is 0 Å². The highest BCUT2D eigenvalue weighted by Gasteiger charge is 2.28. The van der Waals surface area contributed by atoms with Crippen LogP contribution in [0.25, 0.3) is 0 Å². The number of ether oxygens (including phenoxy) is 2. The van der Waals surface area contributed by atoms with Gasteiger partial charge in [0.25, 0.3) is 0 Å². The maximum Gasteiger partial charge on any atom is 0.472 e. The van der Waals surface area contributed by atoms with E-state index in [1.807, 2.05) is 0 Å². The molecule has 348 valence electrons. The zero-order valence-electron chi connectivity index (χ0n) is 37.7. The third-order valence-electron chi connectivity index (χ3n) is 9.38. The van der Waals surface area contributed by atoms with Gasteiger partial charge in [0.15, 0.2) is 6.10 Å². The van der Waals surface area contributed by atoms with Gasteiger partial charge < -0.3 is 25.2 Å². The molecule has 0 aliphatic carbocycles. The normalized spacial score (nSPS) is 14.4. The topological polar surface area (TPSA) is 172 Å². The van der Waals surface area contributed by atoms with E-state index >= 15 is 0 Å². The van der Waals surface area contributed by atoms with Gasteiger partial charge in [0.2, 0.25) is 0 Å². The van der Waals surface area contributed by atoms with E-state index < -0.39 is 51.1 Å². The summed E-state index contributed by atoms with van der Waals surface area (Å²) in [5.74, 6) is -2.44. The molecule has 0 aromatic rings. The molecule has 0 aliphatic rings. The standard InChI is InChI=1S/C49H82NO10P/c1-3-5-7-9-11-13-15-17-19-21-23-25-27-29-31-33-35-37-39-41-48(52)60-45(43-58-61(55,56)59-44-46(50)49(53)54)42-57-47(51)40-38-36-34-32-30-28-26-24-22-20-18-16-14-12-10-8-6-4-2/h5,7,11,13-14,16-17,19-20,22-23,25,29,31,45-46H,3-4,6,8-10,12,15,18,21,24,26-28,30,32-44,50H2,1-2H3,(H,53,54)(H,55,56)/b7-5-,13-11-,16-14-,19-17-,22-20-,25-23-,31-29-. The first kappa shape index (κ1) is 57.7. The van der Waals surface area contributed by atoms with Crippen LogP contribution in [0, 0.1) is 0 Å². The Morgan fingerprint density at radius 3 is 1.39 bits per heavy atom. The molecule has 3 atom stereocenters. The predicted octanol–water partition coefficient (Wildman–Crippen LogP) is 12.7. The number of carboxylic acids is 1. The first-order chi connectivity index (χ1) is 29.6. The van der Waals surface area contributed by atoms with Gasteiger partial charge in [-0.05, 0) is 89.9 Å². The van der Waals surface area contributed by atoms with Gasteiger partial charge in [-0.3, -0.25) is 23.4 Å². The van der Waals surface area contributed by atoms with Crippen LogP contribution in [0.3, 0.4) is 0 Å². The fourth-order valence-electron chi connectivity index (χ4n) is 5.77. The molecule has 0 bridgehead atoms. The summed E-state index contributed by atoms with van der Waals surface area (Å²) in [6.07, 6.45) is 53.5. The van der Waals surface area contributed by atoms with Crippen LogP contribution in [-0.2, 0) is 37.5 Å². The molecule has 0 amide bonds. The van der Waals surface area contributed by atoms with E-state index in [1.54, 1.807) is 0 Å². The van der Waals surface area contributed by atoms with Crippen molar-refractivity contribution in [1.29, 1.82) is 0 Å². The second-order valence-electron chi connectivity index (χ2n) is 15.1. The maximum atomic E-state index is 12.6. The van der Waals surface area contributed by atoms with Crippen LogP contribution >= 0.6 is 7.82 Å². The molecule has 0 fully saturated rings. The first-order valence-electron chi connectivity index (χ1n) is 23.1. The number of unbranched alkanes of at least 4 members (excludes halogenated alkanes) is 14. The SMILES string of the molecule is CC/C=C\C/C=C\C/C=C\C/C=C\C/C=C\CCCCCC(=O)OC(COC(=O)CCCCCCCCC/C=C\C/C=C\CCCCCC)COP(=O)(O)OCC(N)C(=O)O. The Bertz CT molecular complexity index is 1350. The van der Waals surface area contributed by atoms with Gasteiger partial charge in [-0.2, -0.15) is 0 Å². The van der Waals surface area contributed by atoms with Gasteiger partial charge in [0, 0.05) is 12.8 Å². The van der Waals surface area contributed by atoms with Crippen molar-refractivity contribution in [3.05, 3.63) is 85.1 Å². The summed E-state index contributed by atoms with van der Waals surface area (Å²) in [6.45, 7) is 2.63. The summed E-state index contributed by atoms with van der Waals surface area (Å²) in [4.78, 5) is 46.1. The van der Waals surface area contributed by atoms with Gasteiger partial charge in [-0.1, -0.05) is 157 Å². The maximum absolute atomic E-state index is 12.6. The number of carbonyl (C=O) groups is 3. The first-order valence-corrected chi connectivity index (χ1v) is 24.6. The minimum Gasteiger partial charge on any atom is -0.480 e. The molecule has 0 aromatic heterocycles. The van der Waals surface area contributed by atoms with E-state index in [0.717, 1.165) is 89.9 Å². The van der Waals surface area contributed by atoms with Crippen molar-refractivity contribution in [2.75, 3.05) is 19.8 Å². The molecule has 61 heavy (non-hydrogen) atoms. The number of carboxylic acid groups (broad SMARTS) is 1. The summed E-state index contributed by atoms with van der Waals surface area (Å²) in [5.41, 5.74) is 5.34. The molecule has 0 aromatic carbocycles. The predicted molar refractivity (Wildman–Crippen MR) is 249 cm³/mol. The van der Waals surface area contributed by atoms with E-state index in [-0.39, 0.29) is 19.4 Å². The fraction of sp³-hybridized carbons (Fsp3) is 0.653. The molecule has 0 heterocycles. The van der Waals surface area contributed by atoms with E-state index in [2.05, 4.69) is 103 Å². The zero-order valence-corrected chi connectivity index (χ0v) is 38.6. The van der Waals surface area contributed by atoms with Crippen LogP contribution in [0.2, 0.25) is 0 Å². The smallest absolute Gasteiger partial charge is 0.472 e. The lowest BCUT2D eigenvalue weighted by molar-refractivity contribution is -0.161. The summed E-state index contributed by atoms with van der Waals surface area (Å²) < 4.78 is 32.7. The Morgan fingerprint density at radius 2 is 0.918 bits per heavy atom. The molecule has 11 nitrogen and oxygen atoms in total. The van der Waals surface area contributed by atoms with E-state index in [4.69, 9.17) is 24.8 Å². The van der Waals surface area contributed by atoms with Gasteiger partial charge in [-0.25, -0.2) is 4.57 Å². The lowest BCUT2D eigenvalue weighted by Crippen LogP contribution is -2.34. The van der Waals surface area contributed by atoms with E-state index in [9.17, 15) is 23.8 Å². The number of phosphoric acid groups is 1. The van der Waals surface area contributed by atoms with E-state index in [1.165, 1.54) is 44.9 Å². The van der Waals surface area contributed by atoms with Crippen molar-refractivity contribution >= 4 is 25.7 Å².